The van der Waals surface area contributed by atoms with E-state index in [1.807, 2.05) is 14.0 Å². The fourth-order valence-electron chi connectivity index (χ4n) is 2.31. The maximum atomic E-state index is 12.6. The lowest BCUT2D eigenvalue weighted by Gasteiger charge is -2.37. The molecule has 1 atom stereocenters. The second kappa shape index (κ2) is 4.50. The smallest absolute Gasteiger partial charge is 0.238 e. The van der Waals surface area contributed by atoms with Crippen molar-refractivity contribution in [3.05, 3.63) is 0 Å². The zero-order chi connectivity index (χ0) is 14.4. The van der Waals surface area contributed by atoms with Crippen molar-refractivity contribution in [3.63, 3.8) is 0 Å². The molecule has 2 rings (SSSR count). The number of nitrogens with one attached hydrogen (secondary N) is 1. The Hall–Kier alpha value is -1.06. The number of rotatable bonds is 4. The van der Waals surface area contributed by atoms with E-state index < -0.39 is 5.41 Å². The minimum absolute atomic E-state index is 0.00641. The minimum Gasteiger partial charge on any atom is -0.352 e. The van der Waals surface area contributed by atoms with Gasteiger partial charge in [-0.15, -0.1) is 0 Å². The summed E-state index contributed by atoms with van der Waals surface area (Å²) in [4.78, 5) is 26.6. The predicted molar refractivity (Wildman–Crippen MR) is 74.5 cm³/mol. The van der Waals surface area contributed by atoms with Crippen molar-refractivity contribution >= 4 is 11.8 Å². The SMILES string of the molecule is C[C@H](N(C)C(=O)C1(C(=O)NC2CC2)CC1)C(C)(C)C. The van der Waals surface area contributed by atoms with Crippen LogP contribution in [0.2, 0.25) is 0 Å². The number of carbonyl (C=O) groups is 2. The predicted octanol–water partition coefficient (Wildman–Crippen LogP) is 1.94. The van der Waals surface area contributed by atoms with Gasteiger partial charge in [0.05, 0.1) is 0 Å². The van der Waals surface area contributed by atoms with Gasteiger partial charge in [-0.2, -0.15) is 0 Å². The molecule has 108 valence electrons. The first-order valence-corrected chi connectivity index (χ1v) is 7.27. The number of carbonyl (C=O) groups excluding carboxylic acids is 2. The van der Waals surface area contributed by atoms with Gasteiger partial charge in [0.2, 0.25) is 11.8 Å². The molecule has 0 saturated heterocycles. The van der Waals surface area contributed by atoms with Crippen molar-refractivity contribution in [1.82, 2.24) is 10.2 Å². The summed E-state index contributed by atoms with van der Waals surface area (Å²) in [6.45, 7) is 8.40. The Bertz CT molecular complexity index is 389. The number of amides is 2. The molecule has 0 unspecified atom stereocenters. The molecule has 0 aromatic carbocycles. The Morgan fingerprint density at radius 2 is 1.79 bits per heavy atom. The molecule has 0 spiro atoms. The Balaban J connectivity index is 2.03. The van der Waals surface area contributed by atoms with Crippen LogP contribution in [0.4, 0.5) is 0 Å². The molecule has 4 heteroatoms. The van der Waals surface area contributed by atoms with Crippen LogP contribution < -0.4 is 5.32 Å². The summed E-state index contributed by atoms with van der Waals surface area (Å²) >= 11 is 0. The Kier molecular flexibility index (Phi) is 3.40. The average molecular weight is 266 g/mol. The fraction of sp³-hybridized carbons (Fsp3) is 0.867. The molecule has 2 fully saturated rings. The molecule has 1 N–H and O–H groups in total. The molecule has 0 aromatic rings. The number of hydrogen-bond acceptors (Lipinski definition) is 2. The summed E-state index contributed by atoms with van der Waals surface area (Å²) in [5.74, 6) is -0.0546. The van der Waals surface area contributed by atoms with Gasteiger partial charge in [0.1, 0.15) is 5.41 Å². The first-order chi connectivity index (χ1) is 8.68. The van der Waals surface area contributed by atoms with Gasteiger partial charge < -0.3 is 10.2 Å². The van der Waals surface area contributed by atoms with Crippen molar-refractivity contribution in [2.75, 3.05) is 7.05 Å². The molecule has 0 radical (unpaired) electrons. The van der Waals surface area contributed by atoms with Crippen LogP contribution in [0.15, 0.2) is 0 Å². The highest BCUT2D eigenvalue weighted by atomic mass is 16.2. The van der Waals surface area contributed by atoms with Gasteiger partial charge in [0.15, 0.2) is 0 Å². The van der Waals surface area contributed by atoms with Crippen molar-refractivity contribution < 1.29 is 9.59 Å². The summed E-state index contributed by atoms with van der Waals surface area (Å²) in [6.07, 6.45) is 3.52. The van der Waals surface area contributed by atoms with Crippen LogP contribution in [0.5, 0.6) is 0 Å². The molecule has 2 saturated carbocycles. The van der Waals surface area contributed by atoms with E-state index >= 15 is 0 Å². The van der Waals surface area contributed by atoms with Crippen molar-refractivity contribution in [1.29, 1.82) is 0 Å². The fourth-order valence-corrected chi connectivity index (χ4v) is 2.31. The molecule has 0 aliphatic heterocycles. The standard InChI is InChI=1S/C15H26N2O2/c1-10(14(2,3)4)17(5)13(19)15(8-9-15)12(18)16-11-6-7-11/h10-11H,6-9H2,1-5H3,(H,16,18)/t10-/m0/s1. The molecule has 19 heavy (non-hydrogen) atoms. The van der Waals surface area contributed by atoms with E-state index in [1.54, 1.807) is 4.90 Å². The lowest BCUT2D eigenvalue weighted by molar-refractivity contribution is -0.146. The Morgan fingerprint density at radius 3 is 2.16 bits per heavy atom. The zero-order valence-electron chi connectivity index (χ0n) is 12.7. The van der Waals surface area contributed by atoms with Gasteiger partial charge in [-0.1, -0.05) is 20.8 Å². The summed E-state index contributed by atoms with van der Waals surface area (Å²) in [7, 11) is 1.82. The van der Waals surface area contributed by atoms with Crippen LogP contribution in [-0.4, -0.2) is 35.8 Å². The van der Waals surface area contributed by atoms with Crippen LogP contribution in [0, 0.1) is 10.8 Å². The van der Waals surface area contributed by atoms with Gasteiger partial charge in [0, 0.05) is 19.1 Å². The normalized spacial score (nSPS) is 22.6. The molecular formula is C15H26N2O2. The second-order valence-corrected chi connectivity index (χ2v) is 7.29. The van der Waals surface area contributed by atoms with E-state index in [1.165, 1.54) is 0 Å². The number of nitrogens with zero attached hydrogens (tertiary/aromatic N) is 1. The minimum atomic E-state index is -0.753. The van der Waals surface area contributed by atoms with Gasteiger partial charge in [-0.05, 0) is 38.0 Å². The Labute approximate surface area is 115 Å². The van der Waals surface area contributed by atoms with E-state index in [2.05, 4.69) is 26.1 Å². The average Bonchev–Trinajstić information content (AvgIpc) is 3.17. The van der Waals surface area contributed by atoms with Crippen LogP contribution >= 0.6 is 0 Å². The van der Waals surface area contributed by atoms with Crippen LogP contribution in [0.3, 0.4) is 0 Å². The quantitative estimate of drug-likeness (QED) is 0.791. The van der Waals surface area contributed by atoms with Crippen LogP contribution in [0.25, 0.3) is 0 Å². The monoisotopic (exact) mass is 266 g/mol. The van der Waals surface area contributed by atoms with E-state index in [9.17, 15) is 9.59 Å². The summed E-state index contributed by atoms with van der Waals surface area (Å²) in [6, 6.07) is 0.439. The van der Waals surface area contributed by atoms with E-state index in [0.29, 0.717) is 18.9 Å². The molecule has 2 aliphatic carbocycles. The van der Waals surface area contributed by atoms with Gasteiger partial charge in [0.25, 0.3) is 0 Å². The first-order valence-electron chi connectivity index (χ1n) is 7.27. The third-order valence-electron chi connectivity index (χ3n) is 4.66. The van der Waals surface area contributed by atoms with Crippen molar-refractivity contribution in [2.45, 2.75) is 65.5 Å². The summed E-state index contributed by atoms with van der Waals surface area (Å²) in [5, 5.41) is 2.98. The molecular weight excluding hydrogens is 240 g/mol. The largest absolute Gasteiger partial charge is 0.352 e. The molecule has 0 heterocycles. The van der Waals surface area contributed by atoms with Gasteiger partial charge >= 0.3 is 0 Å². The molecule has 2 amide bonds. The van der Waals surface area contributed by atoms with Crippen molar-refractivity contribution in [3.8, 4) is 0 Å². The maximum Gasteiger partial charge on any atom is 0.238 e. The van der Waals surface area contributed by atoms with E-state index in [0.717, 1.165) is 12.8 Å². The molecule has 0 bridgehead atoms. The van der Waals surface area contributed by atoms with Gasteiger partial charge in [-0.25, -0.2) is 0 Å². The topological polar surface area (TPSA) is 49.4 Å². The maximum absolute atomic E-state index is 12.6. The van der Waals surface area contributed by atoms with Crippen LogP contribution in [0.1, 0.15) is 53.4 Å². The van der Waals surface area contributed by atoms with Gasteiger partial charge in [-0.3, -0.25) is 9.59 Å². The highest BCUT2D eigenvalue weighted by Gasteiger charge is 2.58. The van der Waals surface area contributed by atoms with E-state index in [-0.39, 0.29) is 23.3 Å². The highest BCUT2D eigenvalue weighted by Crippen LogP contribution is 2.48. The second-order valence-electron chi connectivity index (χ2n) is 7.29. The third-order valence-corrected chi connectivity index (χ3v) is 4.66. The highest BCUT2D eigenvalue weighted by molar-refractivity contribution is 6.08. The lowest BCUT2D eigenvalue weighted by Crippen LogP contribution is -2.50. The third kappa shape index (κ3) is 2.77. The molecule has 0 aromatic heterocycles. The van der Waals surface area contributed by atoms with E-state index in [4.69, 9.17) is 0 Å². The number of hydrogen-bond donors (Lipinski definition) is 1. The zero-order valence-corrected chi connectivity index (χ0v) is 12.7. The Morgan fingerprint density at radius 1 is 1.26 bits per heavy atom. The summed E-state index contributed by atoms with van der Waals surface area (Å²) in [5.41, 5.74) is -0.732. The lowest BCUT2D eigenvalue weighted by atomic mass is 9.86. The first kappa shape index (κ1) is 14.4. The molecule has 4 nitrogen and oxygen atoms in total. The van der Waals surface area contributed by atoms with Crippen molar-refractivity contribution in [2.24, 2.45) is 10.8 Å². The summed E-state index contributed by atoms with van der Waals surface area (Å²) < 4.78 is 0. The molecule has 2 aliphatic rings. The van der Waals surface area contributed by atoms with Crippen LogP contribution in [-0.2, 0) is 9.59 Å².